The summed E-state index contributed by atoms with van der Waals surface area (Å²) < 4.78 is 5.90. The second-order valence-electron chi connectivity index (χ2n) is 7.33. The number of hydrogen-bond acceptors (Lipinski definition) is 6. The number of nitrogens with two attached hydrogens (primary N) is 1. The van der Waals surface area contributed by atoms with Gasteiger partial charge < -0.3 is 10.2 Å². The molecule has 0 radical (unpaired) electrons. The van der Waals surface area contributed by atoms with Gasteiger partial charge in [0.2, 0.25) is 0 Å². The number of Topliss-reactive ketones (excluding diaryl/α,β-unsaturated/α-hetero) is 1. The lowest BCUT2D eigenvalue weighted by Crippen LogP contribution is -2.38. The number of nitriles is 1. The second-order valence-corrected chi connectivity index (χ2v) is 9.00. The van der Waals surface area contributed by atoms with Gasteiger partial charge in [-0.3, -0.25) is 9.69 Å². The first-order valence-electron chi connectivity index (χ1n) is 9.91. The number of carbonyl (C=O) groups is 1. The second kappa shape index (κ2) is 8.25. The van der Waals surface area contributed by atoms with Crippen molar-refractivity contribution in [3.63, 3.8) is 0 Å². The summed E-state index contributed by atoms with van der Waals surface area (Å²) in [5.41, 5.74) is 10.0. The molecular weight excluding hydrogens is 418 g/mol. The minimum Gasteiger partial charge on any atom is -0.455 e. The molecule has 154 valence electrons. The molecule has 0 saturated heterocycles. The van der Waals surface area contributed by atoms with Crippen molar-refractivity contribution in [3.05, 3.63) is 69.3 Å². The molecular formula is C23H22ClN3O2S. The summed E-state index contributed by atoms with van der Waals surface area (Å²) in [5, 5.41) is 11.4. The summed E-state index contributed by atoms with van der Waals surface area (Å²) in [4.78, 5) is 15.0. The zero-order chi connectivity index (χ0) is 21.4. The molecule has 30 heavy (non-hydrogen) atoms. The lowest BCUT2D eigenvalue weighted by atomic mass is 9.76. The van der Waals surface area contributed by atoms with Crippen molar-refractivity contribution in [2.75, 3.05) is 10.7 Å². The molecule has 0 amide bonds. The molecule has 2 aliphatic rings. The van der Waals surface area contributed by atoms with E-state index in [4.69, 9.17) is 21.8 Å². The van der Waals surface area contributed by atoms with Crippen molar-refractivity contribution in [3.8, 4) is 6.07 Å². The van der Waals surface area contributed by atoms with Crippen LogP contribution in [0.3, 0.4) is 0 Å². The van der Waals surface area contributed by atoms with Crippen LogP contribution in [0.15, 0.2) is 62.5 Å². The summed E-state index contributed by atoms with van der Waals surface area (Å²) in [7, 11) is 0. The van der Waals surface area contributed by atoms with Gasteiger partial charge in [-0.25, -0.2) is 0 Å². The Labute approximate surface area is 185 Å². The molecule has 4 rings (SSSR count). The number of hydrogen-bond donors (Lipinski definition) is 1. The standard InChI is InChI=1S/C23H22ClN3O2S/c1-3-30-23-16(10-13(2)29-23)20-17(12-25)22(26)27(15-7-4-6-14(24)11-15)18-8-5-9-19(28)21(18)20/h4,6-7,10-11,20H,3,5,8-9,26H2,1-2H3. The van der Waals surface area contributed by atoms with E-state index in [-0.39, 0.29) is 5.78 Å². The molecule has 2 aromatic rings. The third kappa shape index (κ3) is 3.42. The third-order valence-electron chi connectivity index (χ3n) is 5.41. The fourth-order valence-corrected chi connectivity index (χ4v) is 5.25. The van der Waals surface area contributed by atoms with Gasteiger partial charge in [-0.05, 0) is 49.8 Å². The first-order chi connectivity index (χ1) is 14.5. The number of halogens is 1. The van der Waals surface area contributed by atoms with E-state index >= 15 is 0 Å². The minimum atomic E-state index is -0.514. The molecule has 1 aliphatic heterocycles. The number of benzene rings is 1. The van der Waals surface area contributed by atoms with Crippen molar-refractivity contribution in [1.29, 1.82) is 5.26 Å². The van der Waals surface area contributed by atoms with Crippen LogP contribution in [0.2, 0.25) is 5.02 Å². The Hall–Kier alpha value is -2.62. The van der Waals surface area contributed by atoms with Crippen LogP contribution in [-0.2, 0) is 4.79 Å². The molecule has 1 atom stereocenters. The Morgan fingerprint density at radius 2 is 2.17 bits per heavy atom. The summed E-state index contributed by atoms with van der Waals surface area (Å²) in [6.45, 7) is 3.92. The number of thioether (sulfide) groups is 1. The van der Waals surface area contributed by atoms with Gasteiger partial charge in [0.05, 0.1) is 17.6 Å². The molecule has 2 N–H and O–H groups in total. The van der Waals surface area contributed by atoms with Crippen LogP contribution in [0.4, 0.5) is 5.69 Å². The fourth-order valence-electron chi connectivity index (χ4n) is 4.27. The van der Waals surface area contributed by atoms with Crippen LogP contribution in [-0.4, -0.2) is 11.5 Å². The van der Waals surface area contributed by atoms with Gasteiger partial charge in [0.15, 0.2) is 10.9 Å². The lowest BCUT2D eigenvalue weighted by molar-refractivity contribution is -0.116. The van der Waals surface area contributed by atoms with Crippen LogP contribution in [0.1, 0.15) is 43.4 Å². The zero-order valence-corrected chi connectivity index (χ0v) is 18.4. The highest BCUT2D eigenvalue weighted by Gasteiger charge is 2.42. The van der Waals surface area contributed by atoms with Gasteiger partial charge in [0.1, 0.15) is 11.6 Å². The fraction of sp³-hybridized carbons (Fsp3) is 0.304. The number of carbonyl (C=O) groups excluding carboxylic acids is 1. The molecule has 1 aromatic carbocycles. The van der Waals surface area contributed by atoms with Gasteiger partial charge >= 0.3 is 0 Å². The van der Waals surface area contributed by atoms with Crippen molar-refractivity contribution < 1.29 is 9.21 Å². The SMILES string of the molecule is CCSc1oc(C)cc1C1C(C#N)=C(N)N(c2cccc(Cl)c2)C2=C1C(=O)CCC2. The van der Waals surface area contributed by atoms with Crippen LogP contribution in [0.25, 0.3) is 0 Å². The van der Waals surface area contributed by atoms with Gasteiger partial charge in [-0.15, -0.1) is 0 Å². The molecule has 0 spiro atoms. The summed E-state index contributed by atoms with van der Waals surface area (Å²) in [5.74, 6) is 1.45. The van der Waals surface area contributed by atoms with Gasteiger partial charge in [-0.2, -0.15) is 5.26 Å². The minimum absolute atomic E-state index is 0.0554. The van der Waals surface area contributed by atoms with E-state index in [1.807, 2.05) is 36.9 Å². The Morgan fingerprint density at radius 1 is 1.37 bits per heavy atom. The number of allylic oxidation sites excluding steroid dienone is 3. The number of anilines is 1. The van der Waals surface area contributed by atoms with E-state index < -0.39 is 5.92 Å². The molecule has 1 unspecified atom stereocenters. The van der Waals surface area contributed by atoms with Crippen LogP contribution in [0.5, 0.6) is 0 Å². The predicted molar refractivity (Wildman–Crippen MR) is 119 cm³/mol. The maximum atomic E-state index is 13.2. The first-order valence-corrected chi connectivity index (χ1v) is 11.3. The summed E-state index contributed by atoms with van der Waals surface area (Å²) >= 11 is 7.79. The van der Waals surface area contributed by atoms with E-state index in [0.29, 0.717) is 34.8 Å². The largest absolute Gasteiger partial charge is 0.455 e. The van der Waals surface area contributed by atoms with Gasteiger partial charge in [-0.1, -0.05) is 36.4 Å². The molecule has 1 aliphatic carbocycles. The van der Waals surface area contributed by atoms with Gasteiger partial charge in [0, 0.05) is 34.0 Å². The smallest absolute Gasteiger partial charge is 0.164 e. The van der Waals surface area contributed by atoms with Crippen LogP contribution < -0.4 is 10.6 Å². The molecule has 5 nitrogen and oxygen atoms in total. The highest BCUT2D eigenvalue weighted by Crippen LogP contribution is 2.48. The highest BCUT2D eigenvalue weighted by molar-refractivity contribution is 7.99. The zero-order valence-electron chi connectivity index (χ0n) is 16.9. The Kier molecular flexibility index (Phi) is 5.68. The van der Waals surface area contributed by atoms with Gasteiger partial charge in [0.25, 0.3) is 0 Å². The third-order valence-corrected chi connectivity index (χ3v) is 6.52. The molecule has 0 fully saturated rings. The number of ketones is 1. The molecule has 0 saturated carbocycles. The Morgan fingerprint density at radius 3 is 2.87 bits per heavy atom. The molecule has 2 heterocycles. The Balaban J connectivity index is 1.98. The topological polar surface area (TPSA) is 83.3 Å². The monoisotopic (exact) mass is 439 g/mol. The number of nitrogens with zero attached hydrogens (tertiary/aromatic N) is 2. The normalized spacial score (nSPS) is 19.2. The molecule has 1 aromatic heterocycles. The average Bonchev–Trinajstić information content (AvgIpc) is 3.07. The summed E-state index contributed by atoms with van der Waals surface area (Å²) in [6, 6.07) is 11.5. The Bertz CT molecular complexity index is 1130. The molecule has 7 heteroatoms. The van der Waals surface area contributed by atoms with Crippen LogP contribution >= 0.6 is 23.4 Å². The average molecular weight is 440 g/mol. The predicted octanol–water partition coefficient (Wildman–Crippen LogP) is 5.66. The van der Waals surface area contributed by atoms with Crippen molar-refractivity contribution >= 4 is 34.8 Å². The van der Waals surface area contributed by atoms with Crippen LogP contribution in [0, 0.1) is 18.3 Å². The van der Waals surface area contributed by atoms with E-state index in [1.54, 1.807) is 23.9 Å². The van der Waals surface area contributed by atoms with E-state index in [2.05, 4.69) is 6.07 Å². The summed E-state index contributed by atoms with van der Waals surface area (Å²) in [6.07, 6.45) is 1.92. The number of aryl methyl sites for hydroxylation is 1. The highest BCUT2D eigenvalue weighted by atomic mass is 35.5. The van der Waals surface area contributed by atoms with Crippen molar-refractivity contribution in [2.45, 2.75) is 44.1 Å². The lowest BCUT2D eigenvalue weighted by Gasteiger charge is -2.39. The van der Waals surface area contributed by atoms with E-state index in [1.165, 1.54) is 0 Å². The quantitative estimate of drug-likeness (QED) is 0.619. The van der Waals surface area contributed by atoms with Crippen molar-refractivity contribution in [1.82, 2.24) is 0 Å². The number of rotatable bonds is 4. The first kappa shape index (κ1) is 20.6. The number of furan rings is 1. The molecule has 0 bridgehead atoms. The van der Waals surface area contributed by atoms with E-state index in [0.717, 1.165) is 40.0 Å². The maximum absolute atomic E-state index is 13.2. The van der Waals surface area contributed by atoms with Crippen molar-refractivity contribution in [2.24, 2.45) is 5.73 Å². The van der Waals surface area contributed by atoms with E-state index in [9.17, 15) is 10.1 Å². The maximum Gasteiger partial charge on any atom is 0.164 e.